The number of rotatable bonds is 6. The van der Waals surface area contributed by atoms with Crippen molar-refractivity contribution < 1.29 is 17.6 Å². The fourth-order valence-electron chi connectivity index (χ4n) is 2.35. The van der Waals surface area contributed by atoms with Crippen molar-refractivity contribution in [3.8, 4) is 0 Å². The highest BCUT2D eigenvalue weighted by Crippen LogP contribution is 2.16. The van der Waals surface area contributed by atoms with Crippen LogP contribution in [0.4, 0.5) is 4.39 Å². The van der Waals surface area contributed by atoms with Crippen molar-refractivity contribution in [2.45, 2.75) is 30.7 Å². The third-order valence-electron chi connectivity index (χ3n) is 3.72. The van der Waals surface area contributed by atoms with Gasteiger partial charge in [-0.25, -0.2) is 12.8 Å². The molecule has 24 heavy (non-hydrogen) atoms. The zero-order chi connectivity index (χ0) is 17.7. The molecule has 0 aliphatic heterocycles. The Kier molecular flexibility index (Phi) is 5.72. The van der Waals surface area contributed by atoms with E-state index in [4.69, 9.17) is 0 Å². The Labute approximate surface area is 141 Å². The lowest BCUT2D eigenvalue weighted by Gasteiger charge is -2.15. The summed E-state index contributed by atoms with van der Waals surface area (Å²) in [5.74, 6) is -0.453. The van der Waals surface area contributed by atoms with Crippen molar-refractivity contribution >= 4 is 15.7 Å². The van der Waals surface area contributed by atoms with E-state index in [1.807, 2.05) is 6.92 Å². The number of carbonyl (C=O) groups is 1. The van der Waals surface area contributed by atoms with Gasteiger partial charge in [-0.05, 0) is 48.7 Å². The quantitative estimate of drug-likeness (QED) is 0.872. The second-order valence-electron chi connectivity index (χ2n) is 5.76. The lowest BCUT2D eigenvalue weighted by Crippen LogP contribution is -2.26. The smallest absolute Gasteiger partial charge is 0.220 e. The SMILES string of the molecule is C[C@H](NC(=O)CCc1cccc(F)c1)c1ccc(S(C)(=O)=O)cc1. The van der Waals surface area contributed by atoms with Crippen LogP contribution < -0.4 is 5.32 Å². The Bertz CT molecular complexity index is 816. The van der Waals surface area contributed by atoms with Crippen LogP contribution in [0.2, 0.25) is 0 Å². The van der Waals surface area contributed by atoms with Crippen molar-refractivity contribution in [2.75, 3.05) is 6.26 Å². The molecule has 2 rings (SSSR count). The van der Waals surface area contributed by atoms with E-state index in [1.165, 1.54) is 24.3 Å². The molecule has 0 radical (unpaired) electrons. The summed E-state index contributed by atoms with van der Waals surface area (Å²) in [6.07, 6.45) is 1.87. The molecule has 4 nitrogen and oxygen atoms in total. The highest BCUT2D eigenvalue weighted by atomic mass is 32.2. The topological polar surface area (TPSA) is 63.2 Å². The zero-order valence-corrected chi connectivity index (χ0v) is 14.4. The third-order valence-corrected chi connectivity index (χ3v) is 4.84. The van der Waals surface area contributed by atoms with Gasteiger partial charge in [0.05, 0.1) is 10.9 Å². The highest BCUT2D eigenvalue weighted by Gasteiger charge is 2.12. The van der Waals surface area contributed by atoms with Crippen molar-refractivity contribution in [3.63, 3.8) is 0 Å². The molecule has 0 unspecified atom stereocenters. The monoisotopic (exact) mass is 349 g/mol. The molecule has 0 fully saturated rings. The van der Waals surface area contributed by atoms with Gasteiger partial charge in [0.25, 0.3) is 0 Å². The summed E-state index contributed by atoms with van der Waals surface area (Å²) in [6, 6.07) is 12.4. The predicted molar refractivity (Wildman–Crippen MR) is 90.8 cm³/mol. The minimum absolute atomic E-state index is 0.140. The lowest BCUT2D eigenvalue weighted by atomic mass is 10.1. The van der Waals surface area contributed by atoms with Crippen LogP contribution in [0.25, 0.3) is 0 Å². The zero-order valence-electron chi connectivity index (χ0n) is 13.6. The molecule has 2 aromatic carbocycles. The number of aryl methyl sites for hydroxylation is 1. The number of benzene rings is 2. The van der Waals surface area contributed by atoms with E-state index in [9.17, 15) is 17.6 Å². The Morgan fingerprint density at radius 3 is 2.42 bits per heavy atom. The van der Waals surface area contributed by atoms with E-state index in [0.29, 0.717) is 6.42 Å². The van der Waals surface area contributed by atoms with Crippen LogP contribution in [0.1, 0.15) is 30.5 Å². The molecule has 0 spiro atoms. The average Bonchev–Trinajstić information content (AvgIpc) is 2.52. The first-order valence-corrected chi connectivity index (χ1v) is 9.48. The van der Waals surface area contributed by atoms with Gasteiger partial charge >= 0.3 is 0 Å². The van der Waals surface area contributed by atoms with Gasteiger partial charge in [-0.15, -0.1) is 0 Å². The van der Waals surface area contributed by atoms with Crippen molar-refractivity contribution in [1.82, 2.24) is 5.32 Å². The van der Waals surface area contributed by atoms with Crippen molar-refractivity contribution in [1.29, 1.82) is 0 Å². The molecule has 0 aliphatic rings. The molecule has 1 atom stereocenters. The van der Waals surface area contributed by atoms with Crippen LogP contribution >= 0.6 is 0 Å². The van der Waals surface area contributed by atoms with Gasteiger partial charge < -0.3 is 5.32 Å². The molecule has 0 saturated carbocycles. The number of halogens is 1. The summed E-state index contributed by atoms with van der Waals surface area (Å²) in [6.45, 7) is 1.83. The molecular formula is C18H20FNO3S. The number of hydrogen-bond acceptors (Lipinski definition) is 3. The van der Waals surface area contributed by atoms with Crippen LogP contribution in [0, 0.1) is 5.82 Å². The third kappa shape index (κ3) is 5.16. The summed E-state index contributed by atoms with van der Waals surface area (Å²) >= 11 is 0. The van der Waals surface area contributed by atoms with Gasteiger partial charge in [-0.1, -0.05) is 24.3 Å². The van der Waals surface area contributed by atoms with Crippen molar-refractivity contribution in [2.24, 2.45) is 0 Å². The van der Waals surface area contributed by atoms with Crippen molar-refractivity contribution in [3.05, 3.63) is 65.5 Å². The molecule has 0 saturated heterocycles. The van der Waals surface area contributed by atoms with E-state index in [2.05, 4.69) is 5.32 Å². The molecular weight excluding hydrogens is 329 g/mol. The number of sulfone groups is 1. The van der Waals surface area contributed by atoms with E-state index >= 15 is 0 Å². The number of amides is 1. The summed E-state index contributed by atoms with van der Waals surface area (Å²) in [7, 11) is -3.23. The van der Waals surface area contributed by atoms with E-state index in [0.717, 1.165) is 17.4 Å². The summed E-state index contributed by atoms with van der Waals surface area (Å²) in [5, 5.41) is 2.86. The first-order valence-electron chi connectivity index (χ1n) is 7.59. The van der Waals surface area contributed by atoms with Gasteiger partial charge in [-0.2, -0.15) is 0 Å². The van der Waals surface area contributed by atoms with Gasteiger partial charge in [0, 0.05) is 12.7 Å². The summed E-state index contributed by atoms with van der Waals surface area (Å²) in [4.78, 5) is 12.3. The predicted octanol–water partition coefficient (Wildman–Crippen LogP) is 3.04. The van der Waals surface area contributed by atoms with Gasteiger partial charge in [0.2, 0.25) is 5.91 Å². The van der Waals surface area contributed by atoms with E-state index in [-0.39, 0.29) is 29.1 Å². The first-order chi connectivity index (χ1) is 11.3. The molecule has 6 heteroatoms. The molecule has 1 amide bonds. The van der Waals surface area contributed by atoms with Gasteiger partial charge in [-0.3, -0.25) is 4.79 Å². The van der Waals surface area contributed by atoms with Gasteiger partial charge in [0.15, 0.2) is 9.84 Å². The van der Waals surface area contributed by atoms with Crippen LogP contribution in [0.3, 0.4) is 0 Å². The first kappa shape index (κ1) is 18.1. The fourth-order valence-corrected chi connectivity index (χ4v) is 2.98. The highest BCUT2D eigenvalue weighted by molar-refractivity contribution is 7.90. The number of nitrogens with one attached hydrogen (secondary N) is 1. The molecule has 0 bridgehead atoms. The maximum absolute atomic E-state index is 13.1. The lowest BCUT2D eigenvalue weighted by molar-refractivity contribution is -0.121. The molecule has 0 heterocycles. The van der Waals surface area contributed by atoms with Crippen LogP contribution in [0.5, 0.6) is 0 Å². The van der Waals surface area contributed by atoms with E-state index in [1.54, 1.807) is 24.3 Å². The Morgan fingerprint density at radius 1 is 1.17 bits per heavy atom. The normalized spacial score (nSPS) is 12.6. The molecule has 1 N–H and O–H groups in total. The minimum atomic E-state index is -3.23. The summed E-state index contributed by atoms with van der Waals surface area (Å²) in [5.41, 5.74) is 1.59. The molecule has 2 aromatic rings. The summed E-state index contributed by atoms with van der Waals surface area (Å²) < 4.78 is 36.0. The van der Waals surface area contributed by atoms with Crippen LogP contribution in [-0.4, -0.2) is 20.6 Å². The molecule has 0 aliphatic carbocycles. The standard InChI is InChI=1S/C18H20FNO3S/c1-13(15-7-9-17(10-8-15)24(2,22)23)20-18(21)11-6-14-4-3-5-16(19)12-14/h3-5,7-10,12-13H,6,11H2,1-2H3,(H,20,21)/t13-/m0/s1. The fraction of sp³-hybridized carbons (Fsp3) is 0.278. The van der Waals surface area contributed by atoms with Crippen LogP contribution in [-0.2, 0) is 21.1 Å². The largest absolute Gasteiger partial charge is 0.350 e. The minimum Gasteiger partial charge on any atom is -0.350 e. The average molecular weight is 349 g/mol. The van der Waals surface area contributed by atoms with E-state index < -0.39 is 9.84 Å². The Morgan fingerprint density at radius 2 is 1.83 bits per heavy atom. The molecule has 0 aromatic heterocycles. The maximum Gasteiger partial charge on any atom is 0.220 e. The molecule has 128 valence electrons. The second kappa shape index (κ2) is 7.57. The number of carbonyl (C=O) groups excluding carboxylic acids is 1. The second-order valence-corrected chi connectivity index (χ2v) is 7.78. The number of hydrogen-bond donors (Lipinski definition) is 1. The maximum atomic E-state index is 13.1. The van der Waals surface area contributed by atoms with Crippen LogP contribution in [0.15, 0.2) is 53.4 Å². The Hall–Kier alpha value is -2.21. The Balaban J connectivity index is 1.91. The van der Waals surface area contributed by atoms with Gasteiger partial charge in [0.1, 0.15) is 5.82 Å².